The lowest BCUT2D eigenvalue weighted by atomic mass is 10.1. The first-order chi connectivity index (χ1) is 31.0. The summed E-state index contributed by atoms with van der Waals surface area (Å²) in [4.78, 5) is 44.8. The van der Waals surface area contributed by atoms with Gasteiger partial charge in [-0.25, -0.2) is 0 Å². The molecule has 0 saturated heterocycles. The van der Waals surface area contributed by atoms with Gasteiger partial charge in [-0.05, 0) is 113 Å². The molecule has 0 atom stereocenters. The van der Waals surface area contributed by atoms with Crippen molar-refractivity contribution in [1.82, 2.24) is 10.6 Å². The molecule has 2 amide bonds. The maximum atomic E-state index is 11.8. The smallest absolute Gasteiger partial charge is 0.259 e. The SMILES string of the molecule is C.C.C.C.C.C.CC/C=C\CN.CC/C=C\CNC(=O)COc1ccc(/C=C/c2ccc(OCC(=O)NC/C=C\CC)cc2)cc1.O=C(Cl)COc1ccc(/C=C/c2ccc(OCC(=O)Cl)cc2)cc1. The molecule has 11 nitrogen and oxygen atoms in total. The Morgan fingerprint density at radius 3 is 0.871 bits per heavy atom. The Labute approximate surface area is 431 Å². The topological polar surface area (TPSA) is 155 Å². The molecule has 0 radical (unpaired) electrons. The fourth-order valence-electron chi connectivity index (χ4n) is 4.87. The molecule has 0 saturated carbocycles. The molecule has 0 heterocycles. The van der Waals surface area contributed by atoms with Crippen LogP contribution in [0.25, 0.3) is 24.3 Å². The number of nitrogens with two attached hydrogens (primary N) is 1. The van der Waals surface area contributed by atoms with Crippen molar-refractivity contribution in [3.63, 3.8) is 0 Å². The minimum atomic E-state index is -0.540. The van der Waals surface area contributed by atoms with Crippen molar-refractivity contribution in [3.05, 3.63) is 156 Å². The molecule has 4 rings (SSSR count). The summed E-state index contributed by atoms with van der Waals surface area (Å²) in [7, 11) is 0. The lowest BCUT2D eigenvalue weighted by molar-refractivity contribution is -0.123. The zero-order valence-corrected chi connectivity index (χ0v) is 38.2. The normalized spacial score (nSPS) is 9.97. The molecule has 0 aliphatic rings. The first-order valence-electron chi connectivity index (χ1n) is 20.9. The van der Waals surface area contributed by atoms with Crippen molar-refractivity contribution in [3.8, 4) is 23.0 Å². The Hall–Kier alpha value is -6.40. The molecule has 13 heteroatoms. The second-order valence-electron chi connectivity index (χ2n) is 13.3. The summed E-state index contributed by atoms with van der Waals surface area (Å²) >= 11 is 10.4. The molecule has 0 fully saturated rings. The molecule has 0 aromatic heterocycles. The van der Waals surface area contributed by atoms with Gasteiger partial charge in [0.2, 0.25) is 0 Å². The first-order valence-corrected chi connectivity index (χ1v) is 21.6. The van der Waals surface area contributed by atoms with Crippen molar-refractivity contribution in [2.75, 3.05) is 46.1 Å². The second kappa shape index (κ2) is 46.3. The summed E-state index contributed by atoms with van der Waals surface area (Å²) in [5.41, 5.74) is 9.11. The number of carbonyl (C=O) groups is 4. The highest BCUT2D eigenvalue weighted by molar-refractivity contribution is 6.64. The minimum Gasteiger partial charge on any atom is -0.484 e. The van der Waals surface area contributed by atoms with Gasteiger partial charge in [-0.2, -0.15) is 0 Å². The number of amides is 2. The quantitative estimate of drug-likeness (QED) is 0.0353. The minimum absolute atomic E-state index is 0. The van der Waals surface area contributed by atoms with Gasteiger partial charge in [0.15, 0.2) is 26.4 Å². The predicted molar refractivity (Wildman–Crippen MR) is 301 cm³/mol. The number of ether oxygens (including phenoxy) is 4. The summed E-state index contributed by atoms with van der Waals surface area (Å²) in [6.07, 6.45) is 22.7. The number of carbonyl (C=O) groups excluding carboxylic acids is 4. The average Bonchev–Trinajstić information content (AvgIpc) is 3.31. The van der Waals surface area contributed by atoms with Crippen molar-refractivity contribution < 1.29 is 38.1 Å². The summed E-state index contributed by atoms with van der Waals surface area (Å²) < 4.78 is 21.4. The molecule has 388 valence electrons. The van der Waals surface area contributed by atoms with E-state index in [-0.39, 0.29) is 82.8 Å². The van der Waals surface area contributed by atoms with Crippen LogP contribution in [0.3, 0.4) is 0 Å². The number of hydrogen-bond donors (Lipinski definition) is 3. The van der Waals surface area contributed by atoms with Crippen LogP contribution in [-0.4, -0.2) is 68.4 Å². The van der Waals surface area contributed by atoms with Gasteiger partial charge in [-0.1, -0.05) is 175 Å². The molecule has 0 bridgehead atoms. The van der Waals surface area contributed by atoms with E-state index in [4.69, 9.17) is 47.9 Å². The van der Waals surface area contributed by atoms with Gasteiger partial charge in [0.05, 0.1) is 0 Å². The van der Waals surface area contributed by atoms with E-state index in [1.165, 1.54) is 0 Å². The Morgan fingerprint density at radius 2 is 0.657 bits per heavy atom. The number of allylic oxidation sites excluding steroid dienone is 3. The summed E-state index contributed by atoms with van der Waals surface area (Å²) in [6, 6.07) is 29.6. The third kappa shape index (κ3) is 36.6. The molecule has 4 N–H and O–H groups in total. The molecule has 0 aliphatic heterocycles. The van der Waals surface area contributed by atoms with Crippen molar-refractivity contribution >= 4 is 69.8 Å². The Morgan fingerprint density at radius 1 is 0.414 bits per heavy atom. The monoisotopic (exact) mass is 1010 g/mol. The zero-order valence-electron chi connectivity index (χ0n) is 36.7. The van der Waals surface area contributed by atoms with Crippen molar-refractivity contribution in [2.45, 2.75) is 84.6 Å². The van der Waals surface area contributed by atoms with Crippen LogP contribution in [0, 0.1) is 0 Å². The van der Waals surface area contributed by atoms with Crippen LogP contribution < -0.4 is 35.3 Å². The number of halogens is 2. The van der Waals surface area contributed by atoms with Crippen LogP contribution in [-0.2, 0) is 19.2 Å². The Balaban J connectivity index is -0.000000345. The van der Waals surface area contributed by atoms with E-state index in [1.54, 1.807) is 24.3 Å². The highest BCUT2D eigenvalue weighted by Crippen LogP contribution is 2.19. The van der Waals surface area contributed by atoms with Gasteiger partial charge < -0.3 is 35.3 Å². The van der Waals surface area contributed by atoms with Gasteiger partial charge >= 0.3 is 0 Å². The van der Waals surface area contributed by atoms with Crippen LogP contribution in [0.15, 0.2) is 134 Å². The van der Waals surface area contributed by atoms with Gasteiger partial charge in [0.25, 0.3) is 22.3 Å². The van der Waals surface area contributed by atoms with Crippen LogP contribution in [0.1, 0.15) is 107 Å². The van der Waals surface area contributed by atoms with Crippen molar-refractivity contribution in [2.24, 2.45) is 5.73 Å². The van der Waals surface area contributed by atoms with E-state index < -0.39 is 10.5 Å². The first kappa shape index (κ1) is 72.6. The maximum absolute atomic E-state index is 11.8. The molecule has 4 aromatic rings. The zero-order chi connectivity index (χ0) is 46.6. The Kier molecular flexibility index (Phi) is 48.0. The van der Waals surface area contributed by atoms with Crippen LogP contribution in [0.2, 0.25) is 0 Å². The van der Waals surface area contributed by atoms with Crippen LogP contribution >= 0.6 is 23.2 Å². The van der Waals surface area contributed by atoms with E-state index in [0.29, 0.717) is 42.6 Å². The van der Waals surface area contributed by atoms with Crippen LogP contribution in [0.4, 0.5) is 0 Å². The number of hydrogen-bond acceptors (Lipinski definition) is 9. The molecular formula is C57H83Cl2N3O8. The van der Waals surface area contributed by atoms with Gasteiger partial charge in [0, 0.05) is 19.6 Å². The van der Waals surface area contributed by atoms with Crippen LogP contribution in [0.5, 0.6) is 23.0 Å². The summed E-state index contributed by atoms with van der Waals surface area (Å²) in [5.74, 6) is 2.14. The number of rotatable bonds is 24. The predicted octanol–water partition coefficient (Wildman–Crippen LogP) is 13.7. The van der Waals surface area contributed by atoms with Gasteiger partial charge in [0.1, 0.15) is 23.0 Å². The van der Waals surface area contributed by atoms with E-state index in [0.717, 1.165) is 41.5 Å². The van der Waals surface area contributed by atoms with Crippen molar-refractivity contribution in [1.29, 1.82) is 0 Å². The Bertz CT molecular complexity index is 1950. The van der Waals surface area contributed by atoms with Gasteiger partial charge in [-0.15, -0.1) is 0 Å². The largest absolute Gasteiger partial charge is 0.484 e. The molecule has 0 unspecified atom stereocenters. The molecular weight excluding hydrogens is 926 g/mol. The fraction of sp³-hybridized carbons (Fsp3) is 0.333. The third-order valence-electron chi connectivity index (χ3n) is 8.08. The fourth-order valence-corrected chi connectivity index (χ4v) is 4.98. The lowest BCUT2D eigenvalue weighted by Gasteiger charge is -2.07. The highest BCUT2D eigenvalue weighted by Gasteiger charge is 2.04. The van der Waals surface area contributed by atoms with E-state index >= 15 is 0 Å². The van der Waals surface area contributed by atoms with E-state index in [2.05, 4.69) is 23.6 Å². The lowest BCUT2D eigenvalue weighted by Crippen LogP contribution is -2.28. The molecule has 0 aliphatic carbocycles. The summed E-state index contributed by atoms with van der Waals surface area (Å²) in [6.45, 7) is 7.55. The van der Waals surface area contributed by atoms with E-state index in [1.807, 2.05) is 141 Å². The highest BCUT2D eigenvalue weighted by atomic mass is 35.5. The molecule has 4 aromatic carbocycles. The third-order valence-corrected chi connectivity index (χ3v) is 8.30. The number of benzene rings is 4. The molecule has 0 spiro atoms. The summed E-state index contributed by atoms with van der Waals surface area (Å²) in [5, 5.41) is 4.47. The standard InChI is InChI=1S/C28H34N2O4.C18H14Cl2O4.C5H11N.6CH4/c1-3-5-7-19-29-27(31)21-33-25-15-11-23(12-16-25)9-10-24-13-17-26(18-14-24)34-22-28(32)30-20-8-6-4-2;19-17(21)11-23-15-7-3-13(4-8-15)1-2-14-5-9-16(10-6-14)24-12-18(20)22;1-2-3-4-5-6;;;;;;/h5-18H,3-4,19-22H2,1-2H3,(H,29,31)(H,30,32);1-10H,11-12H2;3-4H,2,5-6H2,1H3;6*1H4/b7-5-,8-6-,10-9+;2-1+;4-3-;;;;;;. The van der Waals surface area contributed by atoms with Gasteiger partial charge in [-0.3, -0.25) is 19.2 Å². The maximum Gasteiger partial charge on any atom is 0.259 e. The second-order valence-corrected chi connectivity index (χ2v) is 14.1. The average molecular weight is 1010 g/mol. The molecule has 70 heavy (non-hydrogen) atoms. The van der Waals surface area contributed by atoms with E-state index in [9.17, 15) is 19.2 Å². The number of nitrogens with one attached hydrogen (secondary N) is 2.